The van der Waals surface area contributed by atoms with E-state index in [-0.39, 0.29) is 0 Å². The minimum Gasteiger partial charge on any atom is -0.257 e. The molecule has 0 aliphatic heterocycles. The molecule has 1 aromatic heterocycles. The van der Waals surface area contributed by atoms with Crippen LogP contribution in [0.25, 0.3) is 6.08 Å². The Morgan fingerprint density at radius 2 is 2.21 bits per heavy atom. The highest BCUT2D eigenvalue weighted by Gasteiger charge is 1.93. The summed E-state index contributed by atoms with van der Waals surface area (Å²) in [5, 5.41) is 0. The van der Waals surface area contributed by atoms with E-state index < -0.39 is 0 Å². The minimum atomic E-state index is 0.782. The van der Waals surface area contributed by atoms with Crippen LogP contribution >= 0.6 is 0 Å². The lowest BCUT2D eigenvalue weighted by atomic mass is 10.1. The van der Waals surface area contributed by atoms with Crippen molar-refractivity contribution in [3.63, 3.8) is 0 Å². The molecule has 0 saturated carbocycles. The van der Waals surface area contributed by atoms with Crippen molar-refractivity contribution in [1.29, 1.82) is 0 Å². The summed E-state index contributed by atoms with van der Waals surface area (Å²) in [6, 6.07) is 4.07. The van der Waals surface area contributed by atoms with Crippen LogP contribution in [-0.4, -0.2) is 4.98 Å². The Bertz CT molecular complexity index is 300. The molecule has 0 aliphatic rings. The number of pyridine rings is 1. The van der Waals surface area contributed by atoms with Gasteiger partial charge in [0.1, 0.15) is 0 Å². The van der Waals surface area contributed by atoms with E-state index in [1.807, 2.05) is 12.3 Å². The third-order valence-corrected chi connectivity index (χ3v) is 2.24. The van der Waals surface area contributed by atoms with Crippen molar-refractivity contribution in [1.82, 2.24) is 4.98 Å². The van der Waals surface area contributed by atoms with E-state index >= 15 is 0 Å². The molecule has 0 atom stereocenters. The second-order valence-corrected chi connectivity index (χ2v) is 4.08. The van der Waals surface area contributed by atoms with E-state index in [1.54, 1.807) is 0 Å². The van der Waals surface area contributed by atoms with Crippen LogP contribution in [-0.2, 0) is 0 Å². The lowest BCUT2D eigenvalue weighted by Crippen LogP contribution is -1.86. The molecule has 0 saturated heterocycles. The van der Waals surface area contributed by atoms with Crippen LogP contribution < -0.4 is 0 Å². The van der Waals surface area contributed by atoms with E-state index in [1.165, 1.54) is 12.0 Å². The second kappa shape index (κ2) is 5.58. The van der Waals surface area contributed by atoms with E-state index in [0.29, 0.717) is 0 Å². The quantitative estimate of drug-likeness (QED) is 0.701. The lowest BCUT2D eigenvalue weighted by molar-refractivity contribution is 0.595. The SMILES string of the molecule is Cc1cccnc1/C=C\CCC(C)C. The Morgan fingerprint density at radius 1 is 1.43 bits per heavy atom. The molecule has 1 aromatic rings. The van der Waals surface area contributed by atoms with Crippen molar-refractivity contribution in [2.45, 2.75) is 33.6 Å². The molecule has 0 amide bonds. The molecule has 0 bridgehead atoms. The lowest BCUT2D eigenvalue weighted by Gasteiger charge is -2.00. The molecule has 0 unspecified atom stereocenters. The van der Waals surface area contributed by atoms with Gasteiger partial charge in [-0.25, -0.2) is 0 Å². The zero-order valence-corrected chi connectivity index (χ0v) is 9.33. The Morgan fingerprint density at radius 3 is 2.86 bits per heavy atom. The molecular formula is C13H19N. The third-order valence-electron chi connectivity index (χ3n) is 2.24. The summed E-state index contributed by atoms with van der Waals surface area (Å²) in [5.41, 5.74) is 2.34. The van der Waals surface area contributed by atoms with Crippen LogP contribution in [0.2, 0.25) is 0 Å². The number of hydrogen-bond acceptors (Lipinski definition) is 1. The highest BCUT2D eigenvalue weighted by molar-refractivity contribution is 5.48. The fourth-order valence-electron chi connectivity index (χ4n) is 1.30. The maximum Gasteiger partial charge on any atom is 0.0655 e. The highest BCUT2D eigenvalue weighted by atomic mass is 14.7. The van der Waals surface area contributed by atoms with Crippen LogP contribution in [0.15, 0.2) is 24.4 Å². The van der Waals surface area contributed by atoms with Gasteiger partial charge in [0, 0.05) is 6.20 Å². The molecule has 1 rings (SSSR count). The number of rotatable bonds is 4. The summed E-state index contributed by atoms with van der Waals surface area (Å²) in [6.07, 6.45) is 8.58. The maximum atomic E-state index is 4.31. The van der Waals surface area contributed by atoms with E-state index in [4.69, 9.17) is 0 Å². The van der Waals surface area contributed by atoms with Crippen molar-refractivity contribution < 1.29 is 0 Å². The number of aromatic nitrogens is 1. The summed E-state index contributed by atoms with van der Waals surface area (Å²) >= 11 is 0. The summed E-state index contributed by atoms with van der Waals surface area (Å²) in [5.74, 6) is 0.782. The van der Waals surface area contributed by atoms with Gasteiger partial charge in [0.05, 0.1) is 5.69 Å². The second-order valence-electron chi connectivity index (χ2n) is 4.08. The topological polar surface area (TPSA) is 12.9 Å². The van der Waals surface area contributed by atoms with Crippen molar-refractivity contribution in [3.05, 3.63) is 35.7 Å². The van der Waals surface area contributed by atoms with Crippen molar-refractivity contribution in [2.24, 2.45) is 5.92 Å². The standard InChI is InChI=1S/C13H19N/c1-11(2)7-4-5-9-13-12(3)8-6-10-14-13/h5-6,8-11H,4,7H2,1-3H3/b9-5-. The third kappa shape index (κ3) is 3.73. The molecule has 0 spiro atoms. The van der Waals surface area contributed by atoms with Crippen molar-refractivity contribution in [3.8, 4) is 0 Å². The normalized spacial score (nSPS) is 11.4. The molecule has 1 nitrogen and oxygen atoms in total. The molecule has 0 N–H and O–H groups in total. The zero-order valence-electron chi connectivity index (χ0n) is 9.33. The molecule has 0 fully saturated rings. The van der Waals surface area contributed by atoms with Gasteiger partial charge in [-0.2, -0.15) is 0 Å². The predicted octanol–water partition coefficient (Wildman–Crippen LogP) is 3.84. The first kappa shape index (κ1) is 11.0. The van der Waals surface area contributed by atoms with Crippen LogP contribution in [0.3, 0.4) is 0 Å². The minimum absolute atomic E-state index is 0.782. The van der Waals surface area contributed by atoms with Crippen LogP contribution in [0.4, 0.5) is 0 Å². The van der Waals surface area contributed by atoms with Gasteiger partial charge in [-0.05, 0) is 43.4 Å². The highest BCUT2D eigenvalue weighted by Crippen LogP contribution is 2.08. The summed E-state index contributed by atoms with van der Waals surface area (Å²) in [4.78, 5) is 4.31. The predicted molar refractivity (Wildman–Crippen MR) is 62.1 cm³/mol. The molecular weight excluding hydrogens is 170 g/mol. The first-order chi connectivity index (χ1) is 6.70. The maximum absolute atomic E-state index is 4.31. The first-order valence-electron chi connectivity index (χ1n) is 5.28. The van der Waals surface area contributed by atoms with Crippen LogP contribution in [0, 0.1) is 12.8 Å². The fourth-order valence-corrected chi connectivity index (χ4v) is 1.30. The fraction of sp³-hybridized carbons (Fsp3) is 0.462. The molecule has 0 aromatic carbocycles. The molecule has 0 radical (unpaired) electrons. The average molecular weight is 189 g/mol. The Kier molecular flexibility index (Phi) is 4.37. The summed E-state index contributed by atoms with van der Waals surface area (Å²) < 4.78 is 0. The van der Waals surface area contributed by atoms with E-state index in [9.17, 15) is 0 Å². The number of aryl methyl sites for hydroxylation is 1. The van der Waals surface area contributed by atoms with E-state index in [2.05, 4.69) is 44.0 Å². The van der Waals surface area contributed by atoms with Gasteiger partial charge in [-0.15, -0.1) is 0 Å². The Labute approximate surface area is 86.9 Å². The van der Waals surface area contributed by atoms with Crippen molar-refractivity contribution in [2.75, 3.05) is 0 Å². The van der Waals surface area contributed by atoms with Gasteiger partial charge < -0.3 is 0 Å². The van der Waals surface area contributed by atoms with Crippen molar-refractivity contribution >= 4 is 6.08 Å². The van der Waals surface area contributed by atoms with E-state index in [0.717, 1.165) is 18.0 Å². The van der Waals surface area contributed by atoms with Crippen LogP contribution in [0.1, 0.15) is 37.9 Å². The molecule has 1 heterocycles. The average Bonchev–Trinajstić information content (AvgIpc) is 2.15. The van der Waals surface area contributed by atoms with Crippen LogP contribution in [0.5, 0.6) is 0 Å². The van der Waals surface area contributed by atoms with Gasteiger partial charge in [0.25, 0.3) is 0 Å². The monoisotopic (exact) mass is 189 g/mol. The Hall–Kier alpha value is -1.11. The molecule has 14 heavy (non-hydrogen) atoms. The molecule has 0 aliphatic carbocycles. The van der Waals surface area contributed by atoms with Gasteiger partial charge in [-0.3, -0.25) is 4.98 Å². The number of hydrogen-bond donors (Lipinski definition) is 0. The largest absolute Gasteiger partial charge is 0.257 e. The van der Waals surface area contributed by atoms with Gasteiger partial charge in [0.2, 0.25) is 0 Å². The molecule has 76 valence electrons. The number of nitrogens with zero attached hydrogens (tertiary/aromatic N) is 1. The van der Waals surface area contributed by atoms with Gasteiger partial charge >= 0.3 is 0 Å². The van der Waals surface area contributed by atoms with Gasteiger partial charge in [-0.1, -0.05) is 26.0 Å². The number of allylic oxidation sites excluding steroid dienone is 1. The van der Waals surface area contributed by atoms with Gasteiger partial charge in [0.15, 0.2) is 0 Å². The Balaban J connectivity index is 2.48. The summed E-state index contributed by atoms with van der Waals surface area (Å²) in [6.45, 7) is 6.59. The molecule has 1 heteroatoms. The smallest absolute Gasteiger partial charge is 0.0655 e. The first-order valence-corrected chi connectivity index (χ1v) is 5.28. The summed E-state index contributed by atoms with van der Waals surface area (Å²) in [7, 11) is 0. The zero-order chi connectivity index (χ0) is 10.4.